The summed E-state index contributed by atoms with van der Waals surface area (Å²) in [4.78, 5) is 4.75. The fourth-order valence-electron chi connectivity index (χ4n) is 4.10. The van der Waals surface area contributed by atoms with Crippen molar-refractivity contribution in [1.82, 2.24) is 4.98 Å². The number of hydrogen-bond donors (Lipinski definition) is 0. The first kappa shape index (κ1) is 14.2. The first-order chi connectivity index (χ1) is 12.9. The molecule has 122 valence electrons. The molecule has 6 rings (SSSR count). The highest BCUT2D eigenvalue weighted by Gasteiger charge is 2.39. The Morgan fingerprint density at radius 3 is 2.04 bits per heavy atom. The van der Waals surface area contributed by atoms with Gasteiger partial charge in [0.05, 0.1) is 25.1 Å². The maximum atomic E-state index is 4.75. The number of benzene rings is 3. The van der Waals surface area contributed by atoms with E-state index in [9.17, 15) is 0 Å². The molecule has 2 aliphatic rings. The number of nitrogens with zero attached hydrogens (tertiary/aromatic N) is 2. The molecular weight excluding hydrogens is 335 g/mol. The van der Waals surface area contributed by atoms with Crippen LogP contribution in [0.1, 0.15) is 0 Å². The normalized spacial score (nSPS) is 16.0. The Morgan fingerprint density at radius 1 is 0.577 bits per heavy atom. The van der Waals surface area contributed by atoms with E-state index < -0.39 is 8.07 Å². The first-order valence-electron chi connectivity index (χ1n) is 8.76. The summed E-state index contributed by atoms with van der Waals surface area (Å²) in [5.41, 5.74) is 7.49. The molecule has 3 heteroatoms. The standard InChI is InChI=1S/C23H15N2P/c1-4-11-19-16(8-1)17-9-2-5-13-21(17)26-22-14-6-3-10-18(22)23-20(25(19)26)12-7-15-24-23/h1-15H. The van der Waals surface area contributed by atoms with Crippen molar-refractivity contribution in [1.29, 1.82) is 0 Å². The Hall–Kier alpha value is -2.96. The third-order valence-electron chi connectivity index (χ3n) is 5.16. The number of pyridine rings is 1. The van der Waals surface area contributed by atoms with E-state index in [2.05, 4.69) is 83.5 Å². The van der Waals surface area contributed by atoms with Crippen molar-refractivity contribution < 1.29 is 0 Å². The van der Waals surface area contributed by atoms with Crippen molar-refractivity contribution in [2.75, 3.05) is 4.67 Å². The van der Waals surface area contributed by atoms with Gasteiger partial charge in [-0.15, -0.1) is 0 Å². The predicted octanol–water partition coefficient (Wildman–Crippen LogP) is 5.23. The van der Waals surface area contributed by atoms with E-state index in [0.29, 0.717) is 0 Å². The van der Waals surface area contributed by atoms with Crippen LogP contribution >= 0.6 is 8.07 Å². The van der Waals surface area contributed by atoms with Gasteiger partial charge in [0, 0.05) is 27.9 Å². The molecule has 3 aromatic carbocycles. The summed E-state index contributed by atoms with van der Waals surface area (Å²) in [6.45, 7) is 0. The van der Waals surface area contributed by atoms with Gasteiger partial charge in [-0.3, -0.25) is 4.98 Å². The number of anilines is 2. The van der Waals surface area contributed by atoms with Gasteiger partial charge in [-0.2, -0.15) is 0 Å². The molecule has 0 aliphatic carbocycles. The molecule has 0 fully saturated rings. The van der Waals surface area contributed by atoms with Gasteiger partial charge in [0.2, 0.25) is 0 Å². The lowest BCUT2D eigenvalue weighted by Gasteiger charge is -2.44. The number of hydrogen-bond acceptors (Lipinski definition) is 2. The van der Waals surface area contributed by atoms with Gasteiger partial charge < -0.3 is 4.67 Å². The summed E-state index contributed by atoms with van der Waals surface area (Å²) in [6.07, 6.45) is 1.90. The fourth-order valence-corrected chi connectivity index (χ4v) is 6.84. The second kappa shape index (κ2) is 5.27. The highest BCUT2D eigenvalue weighted by atomic mass is 31.1. The zero-order chi connectivity index (χ0) is 17.1. The molecule has 1 aromatic heterocycles. The minimum atomic E-state index is -0.658. The molecule has 1 atom stereocenters. The van der Waals surface area contributed by atoms with Crippen molar-refractivity contribution in [3.8, 4) is 22.4 Å². The van der Waals surface area contributed by atoms with Gasteiger partial charge in [0.15, 0.2) is 0 Å². The van der Waals surface area contributed by atoms with Crippen LogP contribution in [-0.2, 0) is 0 Å². The van der Waals surface area contributed by atoms with Gasteiger partial charge in [0.1, 0.15) is 0 Å². The van der Waals surface area contributed by atoms with Crippen molar-refractivity contribution in [3.63, 3.8) is 0 Å². The lowest BCUT2D eigenvalue weighted by molar-refractivity contribution is 1.28. The van der Waals surface area contributed by atoms with Crippen molar-refractivity contribution in [2.24, 2.45) is 0 Å². The second-order valence-electron chi connectivity index (χ2n) is 6.55. The number of rotatable bonds is 0. The fraction of sp³-hybridized carbons (Fsp3) is 0. The van der Waals surface area contributed by atoms with Crippen LogP contribution in [0.4, 0.5) is 11.4 Å². The van der Waals surface area contributed by atoms with Crippen LogP contribution in [0.2, 0.25) is 0 Å². The molecule has 2 nitrogen and oxygen atoms in total. The Bertz CT molecular complexity index is 984. The SMILES string of the molecule is c1ccc2c(c1)-c1ccccc1P1c3ccccc3-c3ncccc3N21. The Labute approximate surface area is 153 Å². The van der Waals surface area contributed by atoms with Crippen molar-refractivity contribution in [2.45, 2.75) is 0 Å². The highest BCUT2D eigenvalue weighted by Crippen LogP contribution is 2.60. The zero-order valence-corrected chi connectivity index (χ0v) is 14.9. The van der Waals surface area contributed by atoms with Crippen LogP contribution in [0, 0.1) is 0 Å². The van der Waals surface area contributed by atoms with Crippen LogP contribution in [0.25, 0.3) is 22.4 Å². The molecule has 0 amide bonds. The van der Waals surface area contributed by atoms with Crippen LogP contribution < -0.4 is 15.3 Å². The van der Waals surface area contributed by atoms with Gasteiger partial charge in [-0.05, 0) is 23.8 Å². The van der Waals surface area contributed by atoms with Crippen LogP contribution in [-0.4, -0.2) is 4.98 Å². The minimum absolute atomic E-state index is 0.658. The van der Waals surface area contributed by atoms with Crippen LogP contribution in [0.3, 0.4) is 0 Å². The molecule has 0 spiro atoms. The molecule has 0 N–H and O–H groups in total. The third kappa shape index (κ3) is 1.77. The summed E-state index contributed by atoms with van der Waals surface area (Å²) in [7, 11) is -0.658. The topological polar surface area (TPSA) is 16.1 Å². The Balaban J connectivity index is 1.77. The second-order valence-corrected chi connectivity index (χ2v) is 8.53. The van der Waals surface area contributed by atoms with Gasteiger partial charge >= 0.3 is 0 Å². The molecule has 0 radical (unpaired) electrons. The Kier molecular flexibility index (Phi) is 2.88. The van der Waals surface area contributed by atoms with E-state index in [1.165, 1.54) is 38.7 Å². The summed E-state index contributed by atoms with van der Waals surface area (Å²) in [6, 6.07) is 30.6. The van der Waals surface area contributed by atoms with E-state index in [0.717, 1.165) is 5.69 Å². The van der Waals surface area contributed by atoms with Gasteiger partial charge in [-0.1, -0.05) is 66.7 Å². The number of aromatic nitrogens is 1. The van der Waals surface area contributed by atoms with E-state index in [1.54, 1.807) is 0 Å². The average molecular weight is 350 g/mol. The molecule has 3 heterocycles. The zero-order valence-electron chi connectivity index (χ0n) is 14.0. The van der Waals surface area contributed by atoms with Crippen molar-refractivity contribution in [3.05, 3.63) is 91.1 Å². The Morgan fingerprint density at radius 2 is 1.19 bits per heavy atom. The molecule has 0 saturated heterocycles. The smallest absolute Gasteiger partial charge is 0.0948 e. The van der Waals surface area contributed by atoms with E-state index in [4.69, 9.17) is 4.98 Å². The van der Waals surface area contributed by atoms with Gasteiger partial charge in [-0.25, -0.2) is 0 Å². The molecule has 0 saturated carbocycles. The summed E-state index contributed by atoms with van der Waals surface area (Å²) in [5, 5.41) is 2.80. The largest absolute Gasteiger partial charge is 0.309 e. The van der Waals surface area contributed by atoms with E-state index in [-0.39, 0.29) is 0 Å². The minimum Gasteiger partial charge on any atom is -0.309 e. The van der Waals surface area contributed by atoms with Crippen LogP contribution in [0.15, 0.2) is 91.1 Å². The molecule has 4 aromatic rings. The number of fused-ring (bicyclic) bond motifs is 11. The van der Waals surface area contributed by atoms with E-state index in [1.807, 2.05) is 12.3 Å². The lowest BCUT2D eigenvalue weighted by atomic mass is 10.0. The average Bonchev–Trinajstić information content (AvgIpc) is 2.73. The molecule has 1 unspecified atom stereocenters. The lowest BCUT2D eigenvalue weighted by Crippen LogP contribution is -2.34. The van der Waals surface area contributed by atoms with Crippen LogP contribution in [0.5, 0.6) is 0 Å². The van der Waals surface area contributed by atoms with Crippen molar-refractivity contribution >= 4 is 30.1 Å². The number of para-hydroxylation sites is 1. The molecule has 0 bridgehead atoms. The van der Waals surface area contributed by atoms with Gasteiger partial charge in [0.25, 0.3) is 0 Å². The highest BCUT2D eigenvalue weighted by molar-refractivity contribution is 7.75. The maximum Gasteiger partial charge on any atom is 0.0948 e. The summed E-state index contributed by atoms with van der Waals surface area (Å²) in [5.74, 6) is 0. The monoisotopic (exact) mass is 350 g/mol. The molecular formula is C23H15N2P. The molecule has 2 aliphatic heterocycles. The third-order valence-corrected chi connectivity index (χ3v) is 7.68. The summed E-state index contributed by atoms with van der Waals surface area (Å²) >= 11 is 0. The predicted molar refractivity (Wildman–Crippen MR) is 110 cm³/mol. The summed E-state index contributed by atoms with van der Waals surface area (Å²) < 4.78 is 2.53. The molecule has 26 heavy (non-hydrogen) atoms. The quantitative estimate of drug-likeness (QED) is 0.404. The van der Waals surface area contributed by atoms with E-state index >= 15 is 0 Å². The maximum absolute atomic E-state index is 4.75. The first-order valence-corrected chi connectivity index (χ1v) is 10.1.